The van der Waals surface area contributed by atoms with Crippen LogP contribution in [-0.2, 0) is 4.74 Å². The molecule has 0 aromatic rings. The van der Waals surface area contributed by atoms with Crippen LogP contribution in [-0.4, -0.2) is 44.8 Å². The summed E-state index contributed by atoms with van der Waals surface area (Å²) in [5.41, 5.74) is 5.94. The van der Waals surface area contributed by atoms with Gasteiger partial charge in [-0.3, -0.25) is 0 Å². The topological polar surface area (TPSA) is 38.5 Å². The predicted molar refractivity (Wildman–Crippen MR) is 89.2 cm³/mol. The first-order valence-corrected chi connectivity index (χ1v) is 8.63. The van der Waals surface area contributed by atoms with Gasteiger partial charge in [0.15, 0.2) is 0 Å². The summed E-state index contributed by atoms with van der Waals surface area (Å²) in [6.45, 7) is 5.03. The van der Waals surface area contributed by atoms with Crippen molar-refractivity contribution in [3.63, 3.8) is 0 Å². The van der Waals surface area contributed by atoms with Gasteiger partial charge < -0.3 is 15.4 Å². The van der Waals surface area contributed by atoms with Crippen LogP contribution in [0, 0.1) is 0 Å². The molecule has 0 aromatic carbocycles. The minimum absolute atomic E-state index is 0.146. The lowest BCUT2D eigenvalue weighted by atomic mass is 10.1. The first kappa shape index (κ1) is 19.9. The van der Waals surface area contributed by atoms with Gasteiger partial charge in [-0.15, -0.1) is 0 Å². The third-order valence-electron chi connectivity index (χ3n) is 3.82. The van der Waals surface area contributed by atoms with Gasteiger partial charge in [-0.05, 0) is 20.0 Å². The number of nitrogens with two attached hydrogens (primary N) is 1. The molecule has 0 fully saturated rings. The molecule has 122 valence electrons. The Bertz CT molecular complexity index is 188. The molecule has 0 amide bonds. The molecule has 2 N–H and O–H groups in total. The molecule has 0 spiro atoms. The molecule has 0 aliphatic rings. The Labute approximate surface area is 127 Å². The summed E-state index contributed by atoms with van der Waals surface area (Å²) in [5, 5.41) is 0. The largest absolute Gasteiger partial charge is 0.383 e. The number of hydrogen-bond acceptors (Lipinski definition) is 3. The van der Waals surface area contributed by atoms with Crippen molar-refractivity contribution in [1.82, 2.24) is 4.90 Å². The van der Waals surface area contributed by atoms with Crippen LogP contribution < -0.4 is 5.73 Å². The molecule has 1 atom stereocenters. The van der Waals surface area contributed by atoms with Crippen molar-refractivity contribution in [3.8, 4) is 0 Å². The average molecular weight is 287 g/mol. The van der Waals surface area contributed by atoms with E-state index in [-0.39, 0.29) is 6.04 Å². The van der Waals surface area contributed by atoms with E-state index in [2.05, 4.69) is 18.9 Å². The number of methoxy groups -OCH3 is 1. The molecule has 0 rings (SSSR count). The van der Waals surface area contributed by atoms with Gasteiger partial charge in [0.1, 0.15) is 0 Å². The Hall–Kier alpha value is -0.120. The van der Waals surface area contributed by atoms with Crippen LogP contribution in [0.4, 0.5) is 0 Å². The number of ether oxygens (including phenoxy) is 1. The van der Waals surface area contributed by atoms with Crippen LogP contribution in [0.15, 0.2) is 0 Å². The fourth-order valence-electron chi connectivity index (χ4n) is 2.63. The maximum atomic E-state index is 5.94. The summed E-state index contributed by atoms with van der Waals surface area (Å²) < 4.78 is 5.06. The first-order valence-electron chi connectivity index (χ1n) is 8.63. The maximum absolute atomic E-state index is 5.94. The Kier molecular flexibility index (Phi) is 15.2. The second-order valence-electron chi connectivity index (χ2n) is 6.16. The standard InChI is InChI=1S/C17H38N2O/c1-4-5-6-7-8-9-10-11-12-13-14-19(2)15-17(18)16-20-3/h17H,4-16,18H2,1-3H3. The molecule has 20 heavy (non-hydrogen) atoms. The van der Waals surface area contributed by atoms with E-state index < -0.39 is 0 Å². The monoisotopic (exact) mass is 286 g/mol. The molecular formula is C17H38N2O. The quantitative estimate of drug-likeness (QED) is 0.465. The molecule has 0 heterocycles. The lowest BCUT2D eigenvalue weighted by Gasteiger charge is -2.20. The fourth-order valence-corrected chi connectivity index (χ4v) is 2.63. The smallest absolute Gasteiger partial charge is 0.0626 e. The van der Waals surface area contributed by atoms with Gasteiger partial charge in [0.25, 0.3) is 0 Å². The van der Waals surface area contributed by atoms with E-state index in [0.717, 1.165) is 13.1 Å². The molecular weight excluding hydrogens is 248 g/mol. The molecule has 3 heteroatoms. The highest BCUT2D eigenvalue weighted by Gasteiger charge is 2.05. The number of nitrogens with zero attached hydrogens (tertiary/aromatic N) is 1. The fraction of sp³-hybridized carbons (Fsp3) is 1.00. The van der Waals surface area contributed by atoms with Crippen molar-refractivity contribution >= 4 is 0 Å². The van der Waals surface area contributed by atoms with Crippen molar-refractivity contribution in [2.75, 3.05) is 33.9 Å². The summed E-state index contributed by atoms with van der Waals surface area (Å²) in [4.78, 5) is 2.33. The molecule has 0 radical (unpaired) electrons. The zero-order valence-corrected chi connectivity index (χ0v) is 14.2. The van der Waals surface area contributed by atoms with Gasteiger partial charge in [-0.1, -0.05) is 64.7 Å². The summed E-state index contributed by atoms with van der Waals surface area (Å²) in [6, 6.07) is 0.146. The molecule has 0 saturated heterocycles. The summed E-state index contributed by atoms with van der Waals surface area (Å²) in [7, 11) is 3.87. The van der Waals surface area contributed by atoms with Crippen LogP contribution in [0.2, 0.25) is 0 Å². The molecule has 0 aliphatic heterocycles. The van der Waals surface area contributed by atoms with Crippen LogP contribution in [0.3, 0.4) is 0 Å². The highest BCUT2D eigenvalue weighted by atomic mass is 16.5. The predicted octanol–water partition coefficient (Wildman–Crippen LogP) is 3.81. The zero-order valence-electron chi connectivity index (χ0n) is 14.2. The average Bonchev–Trinajstić information content (AvgIpc) is 2.41. The molecule has 0 saturated carbocycles. The van der Waals surface area contributed by atoms with Gasteiger partial charge in [0.2, 0.25) is 0 Å². The Morgan fingerprint density at radius 1 is 0.900 bits per heavy atom. The Morgan fingerprint density at radius 3 is 1.90 bits per heavy atom. The summed E-state index contributed by atoms with van der Waals surface area (Å²) in [6.07, 6.45) is 14.0. The molecule has 0 aliphatic carbocycles. The van der Waals surface area contributed by atoms with Crippen molar-refractivity contribution in [2.45, 2.75) is 77.2 Å². The molecule has 3 nitrogen and oxygen atoms in total. The number of rotatable bonds is 15. The lowest BCUT2D eigenvalue weighted by molar-refractivity contribution is 0.161. The number of hydrogen-bond donors (Lipinski definition) is 1. The highest BCUT2D eigenvalue weighted by molar-refractivity contribution is 4.65. The second-order valence-corrected chi connectivity index (χ2v) is 6.16. The Morgan fingerprint density at radius 2 is 1.40 bits per heavy atom. The molecule has 0 aromatic heterocycles. The summed E-state index contributed by atoms with van der Waals surface area (Å²) >= 11 is 0. The molecule has 1 unspecified atom stereocenters. The number of likely N-dealkylation sites (N-methyl/N-ethyl adjacent to an activating group) is 1. The van der Waals surface area contributed by atoms with Gasteiger partial charge >= 0.3 is 0 Å². The third kappa shape index (κ3) is 14.3. The van der Waals surface area contributed by atoms with Crippen LogP contribution in [0.1, 0.15) is 71.1 Å². The van der Waals surface area contributed by atoms with Gasteiger partial charge in [-0.2, -0.15) is 0 Å². The lowest BCUT2D eigenvalue weighted by Crippen LogP contribution is -2.38. The van der Waals surface area contributed by atoms with E-state index in [9.17, 15) is 0 Å². The Balaban J connectivity index is 3.19. The van der Waals surface area contributed by atoms with Crippen molar-refractivity contribution in [3.05, 3.63) is 0 Å². The van der Waals surface area contributed by atoms with Crippen LogP contribution in [0.25, 0.3) is 0 Å². The van der Waals surface area contributed by atoms with E-state index in [0.29, 0.717) is 6.61 Å². The molecule has 0 bridgehead atoms. The SMILES string of the molecule is CCCCCCCCCCCCN(C)CC(N)COC. The van der Waals surface area contributed by atoms with Crippen LogP contribution in [0.5, 0.6) is 0 Å². The van der Waals surface area contributed by atoms with Gasteiger partial charge in [-0.25, -0.2) is 0 Å². The summed E-state index contributed by atoms with van der Waals surface area (Å²) in [5.74, 6) is 0. The normalized spacial score (nSPS) is 13.1. The van der Waals surface area contributed by atoms with Gasteiger partial charge in [0, 0.05) is 19.7 Å². The maximum Gasteiger partial charge on any atom is 0.0626 e. The van der Waals surface area contributed by atoms with E-state index in [1.165, 1.54) is 64.2 Å². The highest BCUT2D eigenvalue weighted by Crippen LogP contribution is 2.10. The second kappa shape index (κ2) is 15.3. The van der Waals surface area contributed by atoms with Crippen molar-refractivity contribution in [1.29, 1.82) is 0 Å². The van der Waals surface area contributed by atoms with Crippen molar-refractivity contribution in [2.24, 2.45) is 5.73 Å². The minimum atomic E-state index is 0.146. The van der Waals surface area contributed by atoms with E-state index >= 15 is 0 Å². The first-order chi connectivity index (χ1) is 9.70. The zero-order chi connectivity index (χ0) is 15.1. The van der Waals surface area contributed by atoms with E-state index in [1.807, 2.05) is 0 Å². The van der Waals surface area contributed by atoms with Gasteiger partial charge in [0.05, 0.1) is 6.61 Å². The minimum Gasteiger partial charge on any atom is -0.383 e. The van der Waals surface area contributed by atoms with Crippen molar-refractivity contribution < 1.29 is 4.74 Å². The van der Waals surface area contributed by atoms with E-state index in [1.54, 1.807) is 7.11 Å². The van der Waals surface area contributed by atoms with E-state index in [4.69, 9.17) is 10.5 Å². The van der Waals surface area contributed by atoms with Crippen LogP contribution >= 0.6 is 0 Å². The third-order valence-corrected chi connectivity index (χ3v) is 3.82. The number of unbranched alkanes of at least 4 members (excludes halogenated alkanes) is 9.